The first-order valence-electron chi connectivity index (χ1n) is 7.86. The first-order valence-corrected chi connectivity index (χ1v) is 7.86. The number of cyclic esters (lactones) is 1. The molecule has 3 rings (SSSR count). The molecule has 0 radical (unpaired) electrons. The average molecular weight is 304 g/mol. The number of aliphatic hydroxyl groups is 1. The highest BCUT2D eigenvalue weighted by Crippen LogP contribution is 2.67. The van der Waals surface area contributed by atoms with E-state index in [2.05, 4.69) is 13.5 Å². The smallest absolute Gasteiger partial charge is 0.314 e. The third kappa shape index (κ3) is 1.67. The number of carbonyl (C=O) groups excluding carboxylic acids is 2. The van der Waals surface area contributed by atoms with Crippen LogP contribution in [-0.2, 0) is 14.3 Å². The molecule has 5 atom stereocenters. The Balaban J connectivity index is 2.17. The van der Waals surface area contributed by atoms with E-state index in [-0.39, 0.29) is 35.4 Å². The number of fused-ring (bicyclic) bond motifs is 2. The van der Waals surface area contributed by atoms with Gasteiger partial charge in [-0.3, -0.25) is 9.59 Å². The highest BCUT2D eigenvalue weighted by molar-refractivity contribution is 5.90. The van der Waals surface area contributed by atoms with Gasteiger partial charge in [-0.25, -0.2) is 0 Å². The van der Waals surface area contributed by atoms with Crippen LogP contribution in [-0.4, -0.2) is 22.5 Å². The summed E-state index contributed by atoms with van der Waals surface area (Å²) in [5.41, 5.74) is -2.15. The molecule has 0 aromatic carbocycles. The summed E-state index contributed by atoms with van der Waals surface area (Å²) in [4.78, 5) is 24.4. The van der Waals surface area contributed by atoms with E-state index in [9.17, 15) is 14.7 Å². The molecule has 2 fully saturated rings. The van der Waals surface area contributed by atoms with Crippen molar-refractivity contribution >= 4 is 11.8 Å². The number of hydrogen-bond acceptors (Lipinski definition) is 4. The number of rotatable bonds is 2. The van der Waals surface area contributed by atoms with Gasteiger partial charge in [-0.2, -0.15) is 0 Å². The van der Waals surface area contributed by atoms with E-state index in [0.29, 0.717) is 12.2 Å². The first-order chi connectivity index (χ1) is 10.1. The Morgan fingerprint density at radius 3 is 2.45 bits per heavy atom. The fourth-order valence-corrected chi connectivity index (χ4v) is 5.48. The van der Waals surface area contributed by atoms with Crippen molar-refractivity contribution in [3.05, 3.63) is 24.5 Å². The first kappa shape index (κ1) is 15.5. The van der Waals surface area contributed by atoms with Gasteiger partial charge in [-0.1, -0.05) is 26.8 Å². The number of hydrogen-bond donors (Lipinski definition) is 1. The maximum atomic E-state index is 12.9. The van der Waals surface area contributed by atoms with Crippen LogP contribution in [0.3, 0.4) is 0 Å². The third-order valence-corrected chi connectivity index (χ3v) is 6.25. The van der Waals surface area contributed by atoms with Crippen LogP contribution in [0.25, 0.3) is 0 Å². The lowest BCUT2D eigenvalue weighted by atomic mass is 9.55. The Kier molecular flexibility index (Phi) is 3.03. The Morgan fingerprint density at radius 2 is 1.95 bits per heavy atom. The zero-order valence-corrected chi connectivity index (χ0v) is 13.7. The highest BCUT2D eigenvalue weighted by atomic mass is 16.5. The van der Waals surface area contributed by atoms with Crippen LogP contribution in [0.1, 0.15) is 40.5 Å². The maximum absolute atomic E-state index is 12.9. The molecule has 120 valence electrons. The number of esters is 1. The van der Waals surface area contributed by atoms with Gasteiger partial charge >= 0.3 is 5.97 Å². The van der Waals surface area contributed by atoms with E-state index in [1.54, 1.807) is 13.0 Å². The van der Waals surface area contributed by atoms with Gasteiger partial charge in [0.15, 0.2) is 0 Å². The van der Waals surface area contributed by atoms with Crippen LogP contribution in [0.2, 0.25) is 0 Å². The summed E-state index contributed by atoms with van der Waals surface area (Å²) in [5.74, 6) is -0.580. The summed E-state index contributed by atoms with van der Waals surface area (Å²) < 4.78 is 5.37. The van der Waals surface area contributed by atoms with Gasteiger partial charge in [0.2, 0.25) is 0 Å². The molecule has 1 aliphatic heterocycles. The zero-order chi connectivity index (χ0) is 16.5. The van der Waals surface area contributed by atoms with Crippen LogP contribution in [0.5, 0.6) is 0 Å². The minimum atomic E-state index is -1.21. The standard InChI is InChI=1S/C18H24O4/c1-6-12-16(2,3)15(20)10-9-17(12,4)14(18(10,5)21)11-7-8-13(19)22-11/h6-7,10,12,14,21H,1,8-9H2,2-5H3/t10?,12?,14?,17-,18-/m1/s1. The molecule has 4 nitrogen and oxygen atoms in total. The molecule has 0 aromatic heterocycles. The van der Waals surface area contributed by atoms with Gasteiger partial charge in [-0.15, -0.1) is 6.58 Å². The van der Waals surface area contributed by atoms with E-state index < -0.39 is 16.9 Å². The van der Waals surface area contributed by atoms with Crippen LogP contribution in [0.4, 0.5) is 0 Å². The van der Waals surface area contributed by atoms with Crippen LogP contribution >= 0.6 is 0 Å². The fourth-order valence-electron chi connectivity index (χ4n) is 5.48. The summed E-state index contributed by atoms with van der Waals surface area (Å²) >= 11 is 0. The van der Waals surface area contributed by atoms with E-state index in [1.807, 2.05) is 19.9 Å². The molecule has 2 saturated carbocycles. The molecular formula is C18H24O4. The van der Waals surface area contributed by atoms with Gasteiger partial charge in [0.25, 0.3) is 0 Å². The van der Waals surface area contributed by atoms with Gasteiger partial charge in [0.1, 0.15) is 11.5 Å². The minimum Gasteiger partial charge on any atom is -0.431 e. The van der Waals surface area contributed by atoms with Gasteiger partial charge in [0, 0.05) is 11.3 Å². The summed E-state index contributed by atoms with van der Waals surface area (Å²) in [6.45, 7) is 11.6. The SMILES string of the molecule is C=CC1C(C)(C)C(=O)C2C[C@@]1(C)C(C1=CCC(=O)O1)[C@]2(C)O. The summed E-state index contributed by atoms with van der Waals surface area (Å²) in [7, 11) is 0. The van der Waals surface area contributed by atoms with Gasteiger partial charge in [-0.05, 0) is 30.8 Å². The number of ether oxygens (including phenoxy) is 1. The van der Waals surface area contributed by atoms with Gasteiger partial charge < -0.3 is 9.84 Å². The van der Waals surface area contributed by atoms with Crippen LogP contribution in [0.15, 0.2) is 24.5 Å². The molecule has 22 heavy (non-hydrogen) atoms. The predicted octanol–water partition coefficient (Wildman–Crippen LogP) is 2.62. The second kappa shape index (κ2) is 4.31. The summed E-state index contributed by atoms with van der Waals surface area (Å²) in [6, 6.07) is 0. The number of Topliss-reactive ketones (excluding diaryl/α,β-unsaturated/α-hetero) is 1. The molecule has 1 N–H and O–H groups in total. The monoisotopic (exact) mass is 304 g/mol. The Hall–Kier alpha value is -1.42. The topological polar surface area (TPSA) is 63.6 Å². The third-order valence-electron chi connectivity index (χ3n) is 6.25. The number of ketones is 1. The average Bonchev–Trinajstić information content (AvgIpc) is 2.87. The molecule has 0 aromatic rings. The maximum Gasteiger partial charge on any atom is 0.314 e. The second-order valence-electron chi connectivity index (χ2n) is 8.01. The summed E-state index contributed by atoms with van der Waals surface area (Å²) in [5, 5.41) is 11.2. The predicted molar refractivity (Wildman–Crippen MR) is 81.6 cm³/mol. The van der Waals surface area contributed by atoms with Crippen LogP contribution < -0.4 is 0 Å². The number of allylic oxidation sites excluding steroid dienone is 1. The van der Waals surface area contributed by atoms with Gasteiger partial charge in [0.05, 0.1) is 17.9 Å². The largest absolute Gasteiger partial charge is 0.431 e. The minimum absolute atomic E-state index is 0.0762. The van der Waals surface area contributed by atoms with E-state index >= 15 is 0 Å². The van der Waals surface area contributed by atoms with Crippen molar-refractivity contribution in [1.29, 1.82) is 0 Å². The van der Waals surface area contributed by atoms with Crippen molar-refractivity contribution in [1.82, 2.24) is 0 Å². The lowest BCUT2D eigenvalue weighted by Gasteiger charge is -2.48. The molecule has 3 aliphatic rings. The van der Waals surface area contributed by atoms with Crippen molar-refractivity contribution in [2.75, 3.05) is 0 Å². The van der Waals surface area contributed by atoms with E-state index in [4.69, 9.17) is 4.74 Å². The van der Waals surface area contributed by atoms with Crippen molar-refractivity contribution in [3.63, 3.8) is 0 Å². The molecular weight excluding hydrogens is 280 g/mol. The lowest BCUT2D eigenvalue weighted by molar-refractivity contribution is -0.143. The van der Waals surface area contributed by atoms with Crippen molar-refractivity contribution in [2.45, 2.75) is 46.1 Å². The van der Waals surface area contributed by atoms with Crippen LogP contribution in [0, 0.1) is 28.6 Å². The van der Waals surface area contributed by atoms with Crippen molar-refractivity contribution in [2.24, 2.45) is 28.6 Å². The molecule has 0 saturated heterocycles. The number of carbonyl (C=O) groups is 2. The summed E-state index contributed by atoms with van der Waals surface area (Å²) in [6.07, 6.45) is 4.42. The molecule has 4 heteroatoms. The zero-order valence-electron chi connectivity index (χ0n) is 13.7. The van der Waals surface area contributed by atoms with Crippen molar-refractivity contribution < 1.29 is 19.4 Å². The molecule has 2 aliphatic carbocycles. The molecule has 1 heterocycles. The normalized spacial score (nSPS) is 46.4. The Morgan fingerprint density at radius 1 is 1.32 bits per heavy atom. The Labute approximate surface area is 131 Å². The Bertz CT molecular complexity index is 598. The highest BCUT2D eigenvalue weighted by Gasteiger charge is 2.70. The quantitative estimate of drug-likeness (QED) is 0.629. The van der Waals surface area contributed by atoms with E-state index in [1.165, 1.54) is 0 Å². The fraction of sp³-hybridized carbons (Fsp3) is 0.667. The van der Waals surface area contributed by atoms with E-state index in [0.717, 1.165) is 0 Å². The molecule has 2 bridgehead atoms. The lowest BCUT2D eigenvalue weighted by Crippen LogP contribution is -2.48. The molecule has 0 amide bonds. The van der Waals surface area contributed by atoms with Crippen molar-refractivity contribution in [3.8, 4) is 0 Å². The second-order valence-corrected chi connectivity index (χ2v) is 8.01. The molecule has 0 spiro atoms. The molecule has 3 unspecified atom stereocenters.